The average Bonchev–Trinajstić information content (AvgIpc) is 2.41. The molecule has 0 saturated heterocycles. The predicted molar refractivity (Wildman–Crippen MR) is 76.3 cm³/mol. The van der Waals surface area contributed by atoms with E-state index in [0.717, 1.165) is 5.56 Å². The highest BCUT2D eigenvalue weighted by atomic mass is 35.5. The highest BCUT2D eigenvalue weighted by molar-refractivity contribution is 6.31. The smallest absolute Gasteiger partial charge is 0.326 e. The fourth-order valence-corrected chi connectivity index (χ4v) is 2.02. The van der Waals surface area contributed by atoms with Crippen LogP contribution in [0.1, 0.15) is 28.8 Å². The number of hydrogen-bond donors (Lipinski definition) is 2. The molecule has 7 heteroatoms. The molecule has 1 unspecified atom stereocenters. The lowest BCUT2D eigenvalue weighted by molar-refractivity contribution is -0.142. The van der Waals surface area contributed by atoms with Gasteiger partial charge < -0.3 is 15.2 Å². The van der Waals surface area contributed by atoms with Crippen molar-refractivity contribution >= 4 is 29.4 Å². The molecule has 0 radical (unpaired) electrons. The first kappa shape index (κ1) is 17.0. The predicted octanol–water partition coefficient (Wildman–Crippen LogP) is 1.78. The molecule has 2 N–H and O–H groups in total. The molecule has 0 bridgehead atoms. The number of esters is 1. The number of nitrogens with one attached hydrogen (secondary N) is 1. The van der Waals surface area contributed by atoms with E-state index in [1.807, 2.05) is 0 Å². The zero-order valence-corrected chi connectivity index (χ0v) is 12.4. The van der Waals surface area contributed by atoms with E-state index in [1.54, 1.807) is 19.1 Å². The van der Waals surface area contributed by atoms with Crippen LogP contribution in [0.4, 0.5) is 0 Å². The second-order valence-electron chi connectivity index (χ2n) is 4.50. The van der Waals surface area contributed by atoms with Gasteiger partial charge in [-0.2, -0.15) is 0 Å². The first-order chi connectivity index (χ1) is 9.83. The van der Waals surface area contributed by atoms with Gasteiger partial charge in [-0.15, -0.1) is 0 Å². The van der Waals surface area contributed by atoms with Gasteiger partial charge in [0.25, 0.3) is 5.91 Å². The van der Waals surface area contributed by atoms with Gasteiger partial charge in [-0.3, -0.25) is 9.59 Å². The quantitative estimate of drug-likeness (QED) is 0.781. The third kappa shape index (κ3) is 5.43. The van der Waals surface area contributed by atoms with E-state index >= 15 is 0 Å². The van der Waals surface area contributed by atoms with Crippen LogP contribution in [0, 0.1) is 6.92 Å². The molecule has 114 valence electrons. The lowest BCUT2D eigenvalue weighted by Gasteiger charge is -2.14. The third-order valence-electron chi connectivity index (χ3n) is 2.77. The molecule has 0 aliphatic heterocycles. The first-order valence-corrected chi connectivity index (χ1v) is 6.59. The number of amides is 1. The Morgan fingerprint density at radius 3 is 2.52 bits per heavy atom. The summed E-state index contributed by atoms with van der Waals surface area (Å²) in [5.41, 5.74) is 1.05. The summed E-state index contributed by atoms with van der Waals surface area (Å²) in [6.45, 7) is 1.77. The molecule has 0 saturated carbocycles. The van der Waals surface area contributed by atoms with E-state index < -0.39 is 23.9 Å². The number of halogens is 1. The molecule has 0 heterocycles. The Morgan fingerprint density at radius 1 is 1.33 bits per heavy atom. The minimum Gasteiger partial charge on any atom is -0.480 e. The minimum absolute atomic E-state index is 0.0483. The molecule has 6 nitrogen and oxygen atoms in total. The second-order valence-corrected chi connectivity index (χ2v) is 4.93. The highest BCUT2D eigenvalue weighted by Gasteiger charge is 2.22. The van der Waals surface area contributed by atoms with Crippen LogP contribution in [0.5, 0.6) is 0 Å². The zero-order valence-electron chi connectivity index (χ0n) is 11.7. The summed E-state index contributed by atoms with van der Waals surface area (Å²) in [7, 11) is 1.21. The van der Waals surface area contributed by atoms with Crippen LogP contribution in [0.15, 0.2) is 18.2 Å². The van der Waals surface area contributed by atoms with Crippen LogP contribution in [-0.4, -0.2) is 36.1 Å². The molecule has 0 aliphatic rings. The maximum absolute atomic E-state index is 12.0. The number of carboxylic acids is 1. The summed E-state index contributed by atoms with van der Waals surface area (Å²) in [5, 5.41) is 11.8. The van der Waals surface area contributed by atoms with E-state index in [1.165, 1.54) is 13.2 Å². The van der Waals surface area contributed by atoms with Crippen molar-refractivity contribution in [2.24, 2.45) is 0 Å². The Kier molecular flexibility index (Phi) is 6.17. The molecular weight excluding hydrogens is 298 g/mol. The highest BCUT2D eigenvalue weighted by Crippen LogP contribution is 2.15. The Hall–Kier alpha value is -2.08. The lowest BCUT2D eigenvalue weighted by Crippen LogP contribution is -2.41. The average molecular weight is 314 g/mol. The van der Waals surface area contributed by atoms with Crippen molar-refractivity contribution in [3.8, 4) is 0 Å². The Balaban J connectivity index is 2.76. The van der Waals surface area contributed by atoms with Gasteiger partial charge in [-0.05, 0) is 37.1 Å². The Bertz CT molecular complexity index is 538. The Labute approximate surface area is 127 Å². The summed E-state index contributed by atoms with van der Waals surface area (Å²) in [4.78, 5) is 34.2. The summed E-state index contributed by atoms with van der Waals surface area (Å²) in [5.74, 6) is -2.31. The molecule has 1 aromatic rings. The van der Waals surface area contributed by atoms with E-state index in [0.29, 0.717) is 5.02 Å². The van der Waals surface area contributed by atoms with Crippen LogP contribution in [0.25, 0.3) is 0 Å². The number of methoxy groups -OCH3 is 1. The van der Waals surface area contributed by atoms with E-state index in [-0.39, 0.29) is 18.4 Å². The van der Waals surface area contributed by atoms with E-state index in [9.17, 15) is 14.4 Å². The van der Waals surface area contributed by atoms with Gasteiger partial charge >= 0.3 is 11.9 Å². The molecule has 1 rings (SSSR count). The monoisotopic (exact) mass is 313 g/mol. The second kappa shape index (κ2) is 7.64. The minimum atomic E-state index is -1.22. The maximum Gasteiger partial charge on any atom is 0.326 e. The fraction of sp³-hybridized carbons (Fsp3) is 0.357. The first-order valence-electron chi connectivity index (χ1n) is 6.21. The molecule has 0 fully saturated rings. The molecule has 1 atom stereocenters. The number of aliphatic carboxylic acids is 1. The number of benzene rings is 1. The topological polar surface area (TPSA) is 92.7 Å². The number of aryl methyl sites for hydroxylation is 1. The van der Waals surface area contributed by atoms with Gasteiger partial charge in [0.05, 0.1) is 7.11 Å². The van der Waals surface area contributed by atoms with Crippen molar-refractivity contribution in [1.82, 2.24) is 5.32 Å². The number of carboxylic acid groups (broad SMARTS) is 1. The van der Waals surface area contributed by atoms with Gasteiger partial charge in [0.2, 0.25) is 0 Å². The molecule has 1 aromatic carbocycles. The standard InChI is InChI=1S/C14H16ClNO5/c1-8-5-9(7-10(15)6-8)13(18)16-11(14(19)20)3-4-12(17)21-2/h5-7,11H,3-4H2,1-2H3,(H,16,18)(H,19,20). The van der Waals surface area contributed by atoms with Crippen LogP contribution < -0.4 is 5.32 Å². The fourth-order valence-electron chi connectivity index (χ4n) is 1.73. The number of hydrogen-bond acceptors (Lipinski definition) is 4. The van der Waals surface area contributed by atoms with Gasteiger partial charge in [0.15, 0.2) is 0 Å². The van der Waals surface area contributed by atoms with Crippen LogP contribution >= 0.6 is 11.6 Å². The third-order valence-corrected chi connectivity index (χ3v) is 2.99. The van der Waals surface area contributed by atoms with E-state index in [2.05, 4.69) is 10.1 Å². The van der Waals surface area contributed by atoms with Crippen molar-refractivity contribution in [1.29, 1.82) is 0 Å². The number of carbonyl (C=O) groups excluding carboxylic acids is 2. The van der Waals surface area contributed by atoms with Gasteiger partial charge in [0, 0.05) is 17.0 Å². The molecule has 1 amide bonds. The van der Waals surface area contributed by atoms with Crippen LogP contribution in [-0.2, 0) is 14.3 Å². The summed E-state index contributed by atoms with van der Waals surface area (Å²) in [6.07, 6.45) is -0.143. The largest absolute Gasteiger partial charge is 0.480 e. The van der Waals surface area contributed by atoms with Crippen LogP contribution in [0.2, 0.25) is 5.02 Å². The van der Waals surface area contributed by atoms with Crippen molar-refractivity contribution in [2.45, 2.75) is 25.8 Å². The molecular formula is C14H16ClNO5. The van der Waals surface area contributed by atoms with Crippen molar-refractivity contribution in [3.05, 3.63) is 34.3 Å². The van der Waals surface area contributed by atoms with E-state index in [4.69, 9.17) is 16.7 Å². The summed E-state index contributed by atoms with van der Waals surface area (Å²) in [6, 6.07) is 3.56. The summed E-state index contributed by atoms with van der Waals surface area (Å²) < 4.78 is 4.44. The number of carbonyl (C=O) groups is 3. The SMILES string of the molecule is COC(=O)CCC(NC(=O)c1cc(C)cc(Cl)c1)C(=O)O. The van der Waals surface area contributed by atoms with Crippen LogP contribution in [0.3, 0.4) is 0 Å². The Morgan fingerprint density at radius 2 is 2.00 bits per heavy atom. The molecule has 21 heavy (non-hydrogen) atoms. The number of ether oxygens (including phenoxy) is 1. The normalized spacial score (nSPS) is 11.6. The maximum atomic E-state index is 12.0. The molecule has 0 spiro atoms. The number of rotatable bonds is 6. The van der Waals surface area contributed by atoms with Crippen molar-refractivity contribution in [2.75, 3.05) is 7.11 Å². The molecule has 0 aromatic heterocycles. The molecule has 0 aliphatic carbocycles. The summed E-state index contributed by atoms with van der Waals surface area (Å²) >= 11 is 5.86. The van der Waals surface area contributed by atoms with Crippen molar-refractivity contribution in [3.63, 3.8) is 0 Å². The van der Waals surface area contributed by atoms with Gasteiger partial charge in [-0.25, -0.2) is 4.79 Å². The van der Waals surface area contributed by atoms with Crippen molar-refractivity contribution < 1.29 is 24.2 Å². The zero-order chi connectivity index (χ0) is 16.0. The lowest BCUT2D eigenvalue weighted by atomic mass is 10.1. The van der Waals surface area contributed by atoms with Gasteiger partial charge in [-0.1, -0.05) is 11.6 Å². The van der Waals surface area contributed by atoms with Gasteiger partial charge in [0.1, 0.15) is 6.04 Å².